The van der Waals surface area contributed by atoms with Crippen molar-refractivity contribution in [2.24, 2.45) is 0 Å². The van der Waals surface area contributed by atoms with E-state index in [-0.39, 0.29) is 11.9 Å². The maximum atomic E-state index is 12.4. The largest absolute Gasteiger partial charge is 0.481 e. The molecule has 1 aliphatic rings. The molecule has 1 aromatic carbocycles. The van der Waals surface area contributed by atoms with E-state index in [4.69, 9.17) is 20.8 Å². The first-order valence-corrected chi connectivity index (χ1v) is 8.98. The highest BCUT2D eigenvalue weighted by Gasteiger charge is 2.26. The van der Waals surface area contributed by atoms with Gasteiger partial charge in [-0.3, -0.25) is 9.69 Å². The maximum absolute atomic E-state index is 12.4. The molecule has 3 rings (SSSR count). The number of furan rings is 1. The van der Waals surface area contributed by atoms with Gasteiger partial charge in [-0.2, -0.15) is 0 Å². The first-order valence-electron chi connectivity index (χ1n) is 8.61. The van der Waals surface area contributed by atoms with Crippen LogP contribution in [0.5, 0.6) is 5.75 Å². The van der Waals surface area contributed by atoms with Crippen LogP contribution in [-0.4, -0.2) is 36.5 Å². The SMILES string of the molecule is C[C@H](Oc1cccc(Cl)c1)C(=O)NC[C@H](c1ccco1)N1CCCC1. The van der Waals surface area contributed by atoms with Crippen LogP contribution in [0.15, 0.2) is 47.1 Å². The quantitative estimate of drug-likeness (QED) is 0.816. The molecule has 6 heteroatoms. The lowest BCUT2D eigenvalue weighted by molar-refractivity contribution is -0.127. The van der Waals surface area contributed by atoms with Crippen molar-refractivity contribution in [1.82, 2.24) is 10.2 Å². The Balaban J connectivity index is 1.57. The van der Waals surface area contributed by atoms with Crippen molar-refractivity contribution >= 4 is 17.5 Å². The average molecular weight is 363 g/mol. The number of rotatable bonds is 7. The lowest BCUT2D eigenvalue weighted by atomic mass is 10.2. The molecule has 1 aliphatic heterocycles. The molecule has 1 N–H and O–H groups in total. The Morgan fingerprint density at radius 2 is 2.12 bits per heavy atom. The first-order chi connectivity index (χ1) is 12.1. The molecule has 2 heterocycles. The second-order valence-electron chi connectivity index (χ2n) is 6.24. The Labute approximate surface area is 152 Å². The molecule has 0 bridgehead atoms. The van der Waals surface area contributed by atoms with Crippen molar-refractivity contribution in [3.8, 4) is 5.75 Å². The van der Waals surface area contributed by atoms with Gasteiger partial charge in [0.2, 0.25) is 0 Å². The van der Waals surface area contributed by atoms with E-state index in [1.807, 2.05) is 12.1 Å². The van der Waals surface area contributed by atoms with E-state index in [1.165, 1.54) is 12.8 Å². The fraction of sp³-hybridized carbons (Fsp3) is 0.421. The van der Waals surface area contributed by atoms with Crippen LogP contribution < -0.4 is 10.1 Å². The number of halogens is 1. The lowest BCUT2D eigenvalue weighted by Gasteiger charge is -2.26. The van der Waals surface area contributed by atoms with Gasteiger partial charge in [0.1, 0.15) is 11.5 Å². The molecule has 25 heavy (non-hydrogen) atoms. The number of nitrogens with zero attached hydrogens (tertiary/aromatic N) is 1. The summed E-state index contributed by atoms with van der Waals surface area (Å²) in [5.74, 6) is 1.30. The Hall–Kier alpha value is -1.98. The zero-order chi connectivity index (χ0) is 17.6. The third-order valence-electron chi connectivity index (χ3n) is 4.40. The highest BCUT2D eigenvalue weighted by Crippen LogP contribution is 2.25. The van der Waals surface area contributed by atoms with E-state index in [0.717, 1.165) is 18.8 Å². The van der Waals surface area contributed by atoms with E-state index in [0.29, 0.717) is 17.3 Å². The minimum absolute atomic E-state index is 0.0554. The Kier molecular flexibility index (Phi) is 6.00. The fourth-order valence-electron chi connectivity index (χ4n) is 3.08. The summed E-state index contributed by atoms with van der Waals surface area (Å²) in [5.41, 5.74) is 0. The van der Waals surface area contributed by atoms with E-state index in [2.05, 4.69) is 10.2 Å². The summed E-state index contributed by atoms with van der Waals surface area (Å²) in [6.07, 6.45) is 3.43. The predicted octanol–water partition coefficient (Wildman–Crippen LogP) is 3.65. The van der Waals surface area contributed by atoms with Gasteiger partial charge in [0.15, 0.2) is 6.10 Å². The molecular formula is C19H23ClN2O3. The van der Waals surface area contributed by atoms with E-state index >= 15 is 0 Å². The lowest BCUT2D eigenvalue weighted by Crippen LogP contribution is -2.41. The molecule has 2 atom stereocenters. The predicted molar refractivity (Wildman–Crippen MR) is 96.8 cm³/mol. The zero-order valence-corrected chi connectivity index (χ0v) is 15.0. The number of hydrogen-bond acceptors (Lipinski definition) is 4. The highest BCUT2D eigenvalue weighted by molar-refractivity contribution is 6.30. The van der Waals surface area contributed by atoms with Gasteiger partial charge in [-0.25, -0.2) is 0 Å². The van der Waals surface area contributed by atoms with Crippen LogP contribution in [0.3, 0.4) is 0 Å². The van der Waals surface area contributed by atoms with Crippen molar-refractivity contribution in [2.45, 2.75) is 31.9 Å². The van der Waals surface area contributed by atoms with Crippen LogP contribution in [-0.2, 0) is 4.79 Å². The molecule has 2 aromatic rings. The minimum Gasteiger partial charge on any atom is -0.481 e. The van der Waals surface area contributed by atoms with Crippen LogP contribution in [0.2, 0.25) is 5.02 Å². The number of amides is 1. The average Bonchev–Trinajstić information content (AvgIpc) is 3.29. The molecule has 1 amide bonds. The molecule has 0 aliphatic carbocycles. The summed E-state index contributed by atoms with van der Waals surface area (Å²) in [7, 11) is 0. The summed E-state index contributed by atoms with van der Waals surface area (Å²) >= 11 is 5.94. The second-order valence-corrected chi connectivity index (χ2v) is 6.67. The highest BCUT2D eigenvalue weighted by atomic mass is 35.5. The molecule has 0 radical (unpaired) electrons. The van der Waals surface area contributed by atoms with Crippen molar-refractivity contribution in [3.63, 3.8) is 0 Å². The molecule has 0 saturated carbocycles. The van der Waals surface area contributed by atoms with Gasteiger partial charge in [0.25, 0.3) is 5.91 Å². The molecule has 134 valence electrons. The number of nitrogens with one attached hydrogen (secondary N) is 1. The number of ether oxygens (including phenoxy) is 1. The Bertz CT molecular complexity index is 684. The third-order valence-corrected chi connectivity index (χ3v) is 4.64. The second kappa shape index (κ2) is 8.41. The van der Waals surface area contributed by atoms with Gasteiger partial charge in [0, 0.05) is 11.6 Å². The number of benzene rings is 1. The normalized spacial score (nSPS) is 17.2. The third kappa shape index (κ3) is 4.77. The number of hydrogen-bond donors (Lipinski definition) is 1. The topological polar surface area (TPSA) is 54.7 Å². The summed E-state index contributed by atoms with van der Waals surface area (Å²) in [6.45, 7) is 4.27. The minimum atomic E-state index is -0.603. The molecule has 1 fully saturated rings. The van der Waals surface area contributed by atoms with Gasteiger partial charge < -0.3 is 14.5 Å². The van der Waals surface area contributed by atoms with Crippen LogP contribution in [0.25, 0.3) is 0 Å². The van der Waals surface area contributed by atoms with Crippen molar-refractivity contribution < 1.29 is 13.9 Å². The summed E-state index contributed by atoms with van der Waals surface area (Å²) < 4.78 is 11.2. The van der Waals surface area contributed by atoms with Crippen LogP contribution >= 0.6 is 11.6 Å². The van der Waals surface area contributed by atoms with Gasteiger partial charge in [0.05, 0.1) is 12.3 Å². The molecule has 1 saturated heterocycles. The molecule has 0 unspecified atom stereocenters. The first kappa shape index (κ1) is 17.8. The van der Waals surface area contributed by atoms with Gasteiger partial charge in [-0.1, -0.05) is 17.7 Å². The van der Waals surface area contributed by atoms with Crippen LogP contribution in [0.1, 0.15) is 31.6 Å². The Morgan fingerprint density at radius 3 is 2.80 bits per heavy atom. The van der Waals surface area contributed by atoms with Gasteiger partial charge >= 0.3 is 0 Å². The summed E-state index contributed by atoms with van der Waals surface area (Å²) in [6, 6.07) is 10.9. The van der Waals surface area contributed by atoms with E-state index < -0.39 is 6.10 Å². The monoisotopic (exact) mass is 362 g/mol. The summed E-state index contributed by atoms with van der Waals surface area (Å²) in [5, 5.41) is 3.56. The Morgan fingerprint density at radius 1 is 1.32 bits per heavy atom. The zero-order valence-electron chi connectivity index (χ0n) is 14.3. The number of carbonyl (C=O) groups is 1. The summed E-state index contributed by atoms with van der Waals surface area (Å²) in [4.78, 5) is 14.8. The van der Waals surface area contributed by atoms with Gasteiger partial charge in [-0.05, 0) is 63.2 Å². The van der Waals surface area contributed by atoms with Crippen LogP contribution in [0, 0.1) is 0 Å². The maximum Gasteiger partial charge on any atom is 0.260 e. The van der Waals surface area contributed by atoms with Crippen molar-refractivity contribution in [1.29, 1.82) is 0 Å². The van der Waals surface area contributed by atoms with E-state index in [1.54, 1.807) is 37.5 Å². The standard InChI is InChI=1S/C19H23ClN2O3/c1-14(25-16-7-4-6-15(20)12-16)19(23)21-13-17(18-8-5-11-24-18)22-9-2-3-10-22/h4-8,11-12,14,17H,2-3,9-10,13H2,1H3,(H,21,23)/t14-,17+/m0/s1. The van der Waals surface area contributed by atoms with Gasteiger partial charge in [-0.15, -0.1) is 0 Å². The number of carbonyl (C=O) groups excluding carboxylic acids is 1. The fourth-order valence-corrected chi connectivity index (χ4v) is 3.26. The number of likely N-dealkylation sites (tertiary alicyclic amines) is 1. The smallest absolute Gasteiger partial charge is 0.260 e. The molecule has 0 spiro atoms. The van der Waals surface area contributed by atoms with E-state index in [9.17, 15) is 4.79 Å². The van der Waals surface area contributed by atoms with Crippen molar-refractivity contribution in [3.05, 3.63) is 53.4 Å². The molecule has 1 aromatic heterocycles. The molecular weight excluding hydrogens is 340 g/mol. The van der Waals surface area contributed by atoms with Crippen molar-refractivity contribution in [2.75, 3.05) is 19.6 Å². The molecule has 5 nitrogen and oxygen atoms in total. The van der Waals surface area contributed by atoms with Crippen LogP contribution in [0.4, 0.5) is 0 Å².